The van der Waals surface area contributed by atoms with E-state index in [4.69, 9.17) is 13.9 Å². The highest BCUT2D eigenvalue weighted by atomic mass is 32.1. The predicted octanol–water partition coefficient (Wildman–Crippen LogP) is 7.08. The first-order valence-electron chi connectivity index (χ1n) is 11.1. The molecule has 0 saturated carbocycles. The molecule has 1 N–H and O–H groups in total. The van der Waals surface area contributed by atoms with Crippen molar-refractivity contribution >= 4 is 49.1 Å². The van der Waals surface area contributed by atoms with Crippen LogP contribution < -0.4 is 14.8 Å². The number of hydrogen-bond acceptors (Lipinski definition) is 6. The van der Waals surface area contributed by atoms with Gasteiger partial charge in [0.1, 0.15) is 17.1 Å². The van der Waals surface area contributed by atoms with Crippen LogP contribution >= 0.6 is 11.3 Å². The lowest BCUT2D eigenvalue weighted by molar-refractivity contribution is -0.111. The van der Waals surface area contributed by atoms with Crippen molar-refractivity contribution in [1.29, 1.82) is 0 Å². The fourth-order valence-electron chi connectivity index (χ4n) is 4.11. The number of aryl methyl sites for hydroxylation is 1. The van der Waals surface area contributed by atoms with Gasteiger partial charge in [0.15, 0.2) is 5.13 Å². The van der Waals surface area contributed by atoms with Crippen molar-refractivity contribution in [1.82, 2.24) is 4.98 Å². The minimum atomic E-state index is -0.252. The minimum absolute atomic E-state index is 0.252. The monoisotopic (exact) mass is 484 g/mol. The van der Waals surface area contributed by atoms with Crippen LogP contribution in [0.5, 0.6) is 11.5 Å². The Labute approximate surface area is 206 Å². The number of nitrogens with zero attached hydrogens (tertiary/aromatic N) is 1. The summed E-state index contributed by atoms with van der Waals surface area (Å²) in [6.45, 7) is 3.92. The highest BCUT2D eigenvalue weighted by Crippen LogP contribution is 2.40. The van der Waals surface area contributed by atoms with Crippen LogP contribution in [0.1, 0.15) is 18.1 Å². The molecule has 0 spiro atoms. The van der Waals surface area contributed by atoms with Gasteiger partial charge in [0, 0.05) is 34.2 Å². The smallest absolute Gasteiger partial charge is 0.250 e. The van der Waals surface area contributed by atoms with E-state index >= 15 is 0 Å². The highest BCUT2D eigenvalue weighted by molar-refractivity contribution is 7.22. The molecule has 3 aromatic carbocycles. The number of methoxy groups -OCH3 is 2. The Hall–Kier alpha value is -4.10. The summed E-state index contributed by atoms with van der Waals surface area (Å²) < 4.78 is 18.0. The second-order valence-electron chi connectivity index (χ2n) is 8.21. The second-order valence-corrected chi connectivity index (χ2v) is 9.24. The van der Waals surface area contributed by atoms with E-state index in [1.807, 2.05) is 62.4 Å². The van der Waals surface area contributed by atoms with E-state index in [9.17, 15) is 4.79 Å². The third-order valence-corrected chi connectivity index (χ3v) is 6.77. The molecular formula is C28H24N2O4S. The summed E-state index contributed by atoms with van der Waals surface area (Å²) >= 11 is 1.46. The van der Waals surface area contributed by atoms with Crippen molar-refractivity contribution < 1.29 is 18.7 Å². The van der Waals surface area contributed by atoms with E-state index in [1.54, 1.807) is 26.6 Å². The standard InChI is InChI=1S/C28H24N2O4S/c1-16-9-10-22-26(11-16)35-28(29-22)30-27(31)12-17(2)19-13-20-21(15-34-25(20)14-24(19)33-4)18-7-5-6-8-23(18)32-3/h5-15H,1-4H3,(H,29,30,31)/b17-12+. The zero-order valence-electron chi connectivity index (χ0n) is 19.8. The lowest BCUT2D eigenvalue weighted by atomic mass is 9.99. The van der Waals surface area contributed by atoms with E-state index < -0.39 is 0 Å². The normalized spacial score (nSPS) is 11.7. The Morgan fingerprint density at radius 2 is 1.83 bits per heavy atom. The van der Waals surface area contributed by atoms with Crippen LogP contribution in [0.25, 0.3) is 37.9 Å². The lowest BCUT2D eigenvalue weighted by Crippen LogP contribution is -2.08. The average Bonchev–Trinajstić information content (AvgIpc) is 3.45. The number of furan rings is 1. The second kappa shape index (κ2) is 9.27. The van der Waals surface area contributed by atoms with Crippen LogP contribution in [0.15, 0.2) is 71.4 Å². The fourth-order valence-corrected chi connectivity index (χ4v) is 5.08. The van der Waals surface area contributed by atoms with Gasteiger partial charge < -0.3 is 13.9 Å². The summed E-state index contributed by atoms with van der Waals surface area (Å²) in [7, 11) is 3.25. The molecule has 2 heterocycles. The van der Waals surface area contributed by atoms with Crippen LogP contribution in [-0.2, 0) is 4.79 Å². The molecule has 1 amide bonds. The summed E-state index contributed by atoms with van der Waals surface area (Å²) in [6, 6.07) is 17.6. The number of nitrogens with one attached hydrogen (secondary N) is 1. The first-order valence-corrected chi connectivity index (χ1v) is 11.9. The molecule has 0 aliphatic carbocycles. The van der Waals surface area contributed by atoms with Crippen molar-refractivity contribution in [3.63, 3.8) is 0 Å². The van der Waals surface area contributed by atoms with Gasteiger partial charge in [-0.25, -0.2) is 4.98 Å². The van der Waals surface area contributed by atoms with Crippen LogP contribution in [-0.4, -0.2) is 25.1 Å². The number of para-hydroxylation sites is 1. The maximum Gasteiger partial charge on any atom is 0.250 e. The number of anilines is 1. The van der Waals surface area contributed by atoms with Crippen LogP contribution in [0.4, 0.5) is 5.13 Å². The summed E-state index contributed by atoms with van der Waals surface area (Å²) in [4.78, 5) is 17.3. The molecule has 176 valence electrons. The third kappa shape index (κ3) is 4.38. The van der Waals surface area contributed by atoms with Crippen molar-refractivity contribution in [3.05, 3.63) is 78.1 Å². The van der Waals surface area contributed by atoms with Crippen molar-refractivity contribution in [3.8, 4) is 22.6 Å². The van der Waals surface area contributed by atoms with Crippen molar-refractivity contribution in [2.45, 2.75) is 13.8 Å². The molecule has 35 heavy (non-hydrogen) atoms. The van der Waals surface area contributed by atoms with Crippen LogP contribution in [0.3, 0.4) is 0 Å². The Balaban J connectivity index is 1.50. The van der Waals surface area contributed by atoms with Crippen LogP contribution in [0.2, 0.25) is 0 Å². The number of ether oxygens (including phenoxy) is 2. The molecule has 0 atom stereocenters. The number of aromatic nitrogens is 1. The lowest BCUT2D eigenvalue weighted by Gasteiger charge is -2.11. The summed E-state index contributed by atoms with van der Waals surface area (Å²) in [6.07, 6.45) is 3.27. The van der Waals surface area contributed by atoms with Gasteiger partial charge >= 0.3 is 0 Å². The van der Waals surface area contributed by atoms with E-state index in [0.717, 1.165) is 49.2 Å². The molecule has 0 radical (unpaired) electrons. The van der Waals surface area contributed by atoms with Gasteiger partial charge in [0.2, 0.25) is 5.91 Å². The summed E-state index contributed by atoms with van der Waals surface area (Å²) in [5, 5.41) is 4.36. The Bertz CT molecular complexity index is 1600. The zero-order valence-corrected chi connectivity index (χ0v) is 20.7. The number of allylic oxidation sites excluding steroid dienone is 1. The first kappa shape index (κ1) is 22.7. The molecule has 0 aliphatic heterocycles. The van der Waals surface area contributed by atoms with E-state index in [-0.39, 0.29) is 5.91 Å². The number of rotatable bonds is 6. The average molecular weight is 485 g/mol. The number of fused-ring (bicyclic) bond motifs is 2. The Morgan fingerprint density at radius 3 is 2.63 bits per heavy atom. The van der Waals surface area contributed by atoms with Crippen molar-refractivity contribution in [2.75, 3.05) is 19.5 Å². The van der Waals surface area contributed by atoms with Crippen molar-refractivity contribution in [2.24, 2.45) is 0 Å². The quantitative estimate of drug-likeness (QED) is 0.261. The zero-order chi connectivity index (χ0) is 24.5. The number of benzene rings is 3. The van der Waals surface area contributed by atoms with Gasteiger partial charge in [-0.05, 0) is 49.2 Å². The highest BCUT2D eigenvalue weighted by Gasteiger charge is 2.17. The molecular weight excluding hydrogens is 460 g/mol. The maximum atomic E-state index is 12.8. The number of amides is 1. The molecule has 0 unspecified atom stereocenters. The molecule has 0 aliphatic rings. The molecule has 0 saturated heterocycles. The van der Waals surface area contributed by atoms with Gasteiger partial charge in [-0.1, -0.05) is 35.6 Å². The molecule has 7 heteroatoms. The topological polar surface area (TPSA) is 73.6 Å². The molecule has 6 nitrogen and oxygen atoms in total. The van der Waals surface area contributed by atoms with Gasteiger partial charge in [0.05, 0.1) is 30.7 Å². The number of carbonyl (C=O) groups is 1. The minimum Gasteiger partial charge on any atom is -0.496 e. The third-order valence-electron chi connectivity index (χ3n) is 5.84. The molecule has 2 aromatic heterocycles. The number of thiazole rings is 1. The van der Waals surface area contributed by atoms with Crippen LogP contribution in [0, 0.1) is 6.92 Å². The summed E-state index contributed by atoms with van der Waals surface area (Å²) in [5.74, 6) is 1.12. The molecule has 5 aromatic rings. The van der Waals surface area contributed by atoms with Gasteiger partial charge in [-0.2, -0.15) is 0 Å². The van der Waals surface area contributed by atoms with E-state index in [0.29, 0.717) is 16.5 Å². The largest absolute Gasteiger partial charge is 0.496 e. The Kier molecular flexibility index (Phi) is 6.01. The molecule has 0 bridgehead atoms. The number of hydrogen-bond donors (Lipinski definition) is 1. The fraction of sp³-hybridized carbons (Fsp3) is 0.143. The predicted molar refractivity (Wildman–Crippen MR) is 141 cm³/mol. The maximum absolute atomic E-state index is 12.8. The Morgan fingerprint density at radius 1 is 1.03 bits per heavy atom. The number of carbonyl (C=O) groups excluding carboxylic acids is 1. The van der Waals surface area contributed by atoms with Gasteiger partial charge in [-0.15, -0.1) is 0 Å². The SMILES string of the molecule is COc1cc2occ(-c3ccccc3OC)c2cc1/C(C)=C/C(=O)Nc1nc2ccc(C)cc2s1. The summed E-state index contributed by atoms with van der Waals surface area (Å²) in [5.41, 5.74) is 6.10. The van der Waals surface area contributed by atoms with E-state index in [1.165, 1.54) is 11.3 Å². The van der Waals surface area contributed by atoms with E-state index in [2.05, 4.69) is 16.4 Å². The van der Waals surface area contributed by atoms with Gasteiger partial charge in [0.25, 0.3) is 0 Å². The molecule has 5 rings (SSSR count). The van der Waals surface area contributed by atoms with Gasteiger partial charge in [-0.3, -0.25) is 10.1 Å². The first-order chi connectivity index (χ1) is 17.0. The molecule has 0 fully saturated rings.